The van der Waals surface area contributed by atoms with Crippen LogP contribution in [-0.2, 0) is 11.3 Å². The molecule has 0 spiro atoms. The third-order valence-corrected chi connectivity index (χ3v) is 4.92. The van der Waals surface area contributed by atoms with E-state index < -0.39 is 23.0 Å². The lowest BCUT2D eigenvalue weighted by molar-refractivity contribution is 0.122. The Morgan fingerprint density at radius 2 is 1.77 bits per heavy atom. The topological polar surface area (TPSA) is 56.6 Å². The molecule has 0 N–H and O–H groups in total. The summed E-state index contributed by atoms with van der Waals surface area (Å²) in [5, 5.41) is 0. The summed E-state index contributed by atoms with van der Waals surface area (Å²) >= 11 is 0. The summed E-state index contributed by atoms with van der Waals surface area (Å²) < 4.78 is 53.5. The highest BCUT2D eigenvalue weighted by molar-refractivity contribution is 5.53. The molecule has 0 aliphatic carbocycles. The number of aromatic nitrogens is 2. The van der Waals surface area contributed by atoms with E-state index in [0.29, 0.717) is 37.7 Å². The van der Waals surface area contributed by atoms with Crippen LogP contribution >= 0.6 is 0 Å². The molecule has 0 radical (unpaired) electrons. The molecular weight excluding hydrogens is 411 g/mol. The highest BCUT2D eigenvalue weighted by Gasteiger charge is 2.17. The number of benzene rings is 2. The van der Waals surface area contributed by atoms with Crippen molar-refractivity contribution in [1.29, 1.82) is 0 Å². The number of morpholine rings is 1. The van der Waals surface area contributed by atoms with Gasteiger partial charge >= 0.3 is 0 Å². The zero-order chi connectivity index (χ0) is 22.0. The van der Waals surface area contributed by atoms with E-state index in [0.717, 1.165) is 12.1 Å². The molecule has 1 aliphatic heterocycles. The van der Waals surface area contributed by atoms with E-state index in [-0.39, 0.29) is 23.9 Å². The van der Waals surface area contributed by atoms with Gasteiger partial charge in [0.05, 0.1) is 24.6 Å². The number of aryl methyl sites for hydroxylation is 1. The van der Waals surface area contributed by atoms with E-state index in [4.69, 9.17) is 9.47 Å². The van der Waals surface area contributed by atoms with Crippen LogP contribution in [0.3, 0.4) is 0 Å². The maximum absolute atomic E-state index is 14.9. The van der Waals surface area contributed by atoms with Crippen LogP contribution in [-0.4, -0.2) is 35.9 Å². The van der Waals surface area contributed by atoms with E-state index in [2.05, 4.69) is 4.98 Å². The average Bonchev–Trinajstić information content (AvgIpc) is 2.75. The molecule has 9 heteroatoms. The molecule has 4 rings (SSSR count). The van der Waals surface area contributed by atoms with E-state index in [1.54, 1.807) is 19.1 Å². The van der Waals surface area contributed by atoms with Gasteiger partial charge in [-0.1, -0.05) is 0 Å². The summed E-state index contributed by atoms with van der Waals surface area (Å²) in [5.41, 5.74) is 0.765. The monoisotopic (exact) mass is 431 g/mol. The van der Waals surface area contributed by atoms with E-state index in [1.807, 2.05) is 4.90 Å². The lowest BCUT2D eigenvalue weighted by atomic mass is 10.2. The van der Waals surface area contributed by atoms with Crippen molar-refractivity contribution in [2.24, 2.45) is 0 Å². The molecule has 31 heavy (non-hydrogen) atoms. The Bertz CT molecular complexity index is 1160. The Hall–Kier alpha value is -3.33. The third kappa shape index (κ3) is 4.56. The van der Waals surface area contributed by atoms with Crippen LogP contribution in [0, 0.1) is 24.4 Å². The van der Waals surface area contributed by atoms with Gasteiger partial charge in [-0.05, 0) is 31.2 Å². The first-order valence-corrected chi connectivity index (χ1v) is 9.72. The van der Waals surface area contributed by atoms with Crippen molar-refractivity contribution in [2.45, 2.75) is 13.5 Å². The minimum absolute atomic E-state index is 0.0788. The van der Waals surface area contributed by atoms with Crippen LogP contribution in [0.5, 0.6) is 5.75 Å². The fraction of sp³-hybridized carbons (Fsp3) is 0.273. The molecule has 0 saturated carbocycles. The first-order valence-electron chi connectivity index (χ1n) is 9.72. The molecule has 0 unspecified atom stereocenters. The summed E-state index contributed by atoms with van der Waals surface area (Å²) in [7, 11) is 0. The SMILES string of the molecule is Cc1cc(=O)n(-c2ccc(N3CCOCC3)c(F)c2)c(COc2ccc(F)c(F)c2)n1. The van der Waals surface area contributed by atoms with Gasteiger partial charge in [0.25, 0.3) is 5.56 Å². The normalized spacial score (nSPS) is 14.0. The molecular formula is C22H20F3N3O3. The standard InChI is InChI=1S/C22H20F3N3O3/c1-14-10-22(29)28(21(26-14)13-31-16-3-4-17(23)18(24)12-16)15-2-5-20(19(25)11-15)27-6-8-30-9-7-27/h2-5,10-12H,6-9,13H2,1H3. The summed E-state index contributed by atoms with van der Waals surface area (Å²) in [4.78, 5) is 18.9. The van der Waals surface area contributed by atoms with E-state index in [1.165, 1.54) is 22.8 Å². The van der Waals surface area contributed by atoms with Crippen LogP contribution < -0.4 is 15.2 Å². The van der Waals surface area contributed by atoms with E-state index in [9.17, 15) is 18.0 Å². The van der Waals surface area contributed by atoms with Crippen molar-refractivity contribution in [1.82, 2.24) is 9.55 Å². The van der Waals surface area contributed by atoms with Crippen molar-refractivity contribution in [3.05, 3.63) is 81.8 Å². The molecule has 1 fully saturated rings. The zero-order valence-electron chi connectivity index (χ0n) is 16.8. The van der Waals surface area contributed by atoms with Crippen LogP contribution in [0.15, 0.2) is 47.3 Å². The molecule has 3 aromatic rings. The highest BCUT2D eigenvalue weighted by Crippen LogP contribution is 2.24. The second-order valence-corrected chi connectivity index (χ2v) is 7.09. The molecule has 6 nitrogen and oxygen atoms in total. The minimum atomic E-state index is -1.05. The maximum Gasteiger partial charge on any atom is 0.258 e. The van der Waals surface area contributed by atoms with Crippen LogP contribution in [0.1, 0.15) is 11.5 Å². The van der Waals surface area contributed by atoms with Crippen molar-refractivity contribution in [3.63, 3.8) is 0 Å². The summed E-state index contributed by atoms with van der Waals surface area (Å²) in [6.45, 7) is 3.65. The number of anilines is 1. The molecule has 2 heterocycles. The van der Waals surface area contributed by atoms with E-state index >= 15 is 0 Å². The third-order valence-electron chi connectivity index (χ3n) is 4.92. The zero-order valence-corrected chi connectivity index (χ0v) is 16.8. The number of halogens is 3. The smallest absolute Gasteiger partial charge is 0.258 e. The predicted octanol–water partition coefficient (Wildman–Crippen LogP) is 3.37. The largest absolute Gasteiger partial charge is 0.486 e. The van der Waals surface area contributed by atoms with Gasteiger partial charge in [-0.15, -0.1) is 0 Å². The average molecular weight is 431 g/mol. The van der Waals surface area contributed by atoms with Gasteiger partial charge in [-0.3, -0.25) is 9.36 Å². The Morgan fingerprint density at radius 1 is 1.00 bits per heavy atom. The molecule has 2 aromatic carbocycles. The number of hydrogen-bond donors (Lipinski definition) is 0. The van der Waals surface area contributed by atoms with Gasteiger partial charge in [0.2, 0.25) is 0 Å². The number of ether oxygens (including phenoxy) is 2. The summed E-state index contributed by atoms with van der Waals surface area (Å²) in [6, 6.07) is 8.97. The van der Waals surface area contributed by atoms with Gasteiger partial charge in [0, 0.05) is 37.0 Å². The second-order valence-electron chi connectivity index (χ2n) is 7.09. The van der Waals surface area contributed by atoms with Crippen LogP contribution in [0.4, 0.5) is 18.9 Å². The van der Waals surface area contributed by atoms with Gasteiger partial charge in [-0.25, -0.2) is 18.2 Å². The summed E-state index contributed by atoms with van der Waals surface area (Å²) in [5.74, 6) is -2.23. The molecule has 1 saturated heterocycles. The molecule has 0 amide bonds. The fourth-order valence-electron chi connectivity index (χ4n) is 3.44. The predicted molar refractivity (Wildman–Crippen MR) is 108 cm³/mol. The van der Waals surface area contributed by atoms with Gasteiger partial charge in [0.15, 0.2) is 17.5 Å². The van der Waals surface area contributed by atoms with Crippen LogP contribution in [0.2, 0.25) is 0 Å². The molecule has 0 atom stereocenters. The fourth-order valence-corrected chi connectivity index (χ4v) is 3.44. The molecule has 1 aromatic heterocycles. The van der Waals surface area contributed by atoms with Gasteiger partial charge in [-0.2, -0.15) is 0 Å². The lowest BCUT2D eigenvalue weighted by Gasteiger charge is -2.29. The molecule has 1 aliphatic rings. The maximum atomic E-state index is 14.9. The second kappa shape index (κ2) is 8.81. The molecule has 0 bridgehead atoms. The van der Waals surface area contributed by atoms with Crippen molar-refractivity contribution < 1.29 is 22.6 Å². The Morgan fingerprint density at radius 3 is 2.48 bits per heavy atom. The number of hydrogen-bond acceptors (Lipinski definition) is 5. The minimum Gasteiger partial charge on any atom is -0.486 e. The number of rotatable bonds is 5. The number of nitrogens with zero attached hydrogens (tertiary/aromatic N) is 3. The van der Waals surface area contributed by atoms with Gasteiger partial charge < -0.3 is 14.4 Å². The van der Waals surface area contributed by atoms with Crippen molar-refractivity contribution >= 4 is 5.69 Å². The van der Waals surface area contributed by atoms with Crippen molar-refractivity contribution in [2.75, 3.05) is 31.2 Å². The highest BCUT2D eigenvalue weighted by atomic mass is 19.2. The Labute approximate surface area is 176 Å². The quantitative estimate of drug-likeness (QED) is 0.620. The molecule has 162 valence electrons. The first kappa shape index (κ1) is 20.9. The van der Waals surface area contributed by atoms with Gasteiger partial charge in [0.1, 0.15) is 18.2 Å². The van der Waals surface area contributed by atoms with Crippen LogP contribution in [0.25, 0.3) is 5.69 Å². The Kier molecular flexibility index (Phi) is 5.94. The summed E-state index contributed by atoms with van der Waals surface area (Å²) in [6.07, 6.45) is 0. The van der Waals surface area contributed by atoms with Crippen molar-refractivity contribution in [3.8, 4) is 11.4 Å². The first-order chi connectivity index (χ1) is 14.9. The lowest BCUT2D eigenvalue weighted by Crippen LogP contribution is -2.36. The Balaban J connectivity index is 1.65.